The molecule has 7 heteroatoms. The van der Waals surface area contributed by atoms with Crippen LogP contribution in [0.3, 0.4) is 0 Å². The van der Waals surface area contributed by atoms with Gasteiger partial charge in [0, 0.05) is 24.7 Å². The highest BCUT2D eigenvalue weighted by molar-refractivity contribution is 5.83. The lowest BCUT2D eigenvalue weighted by atomic mass is 10.1. The Hall–Kier alpha value is -2.80. The monoisotopic (exact) mass is 337 g/mol. The van der Waals surface area contributed by atoms with Gasteiger partial charge in [-0.15, -0.1) is 5.10 Å². The number of carbonyl (C=O) groups is 1. The third-order valence-electron chi connectivity index (χ3n) is 4.55. The summed E-state index contributed by atoms with van der Waals surface area (Å²) in [5, 5.41) is 18.5. The minimum Gasteiger partial charge on any atom is -0.387 e. The minimum atomic E-state index is -0.632. The third-order valence-corrected chi connectivity index (χ3v) is 4.55. The molecule has 1 N–H and O–H groups in total. The number of aliphatic hydroxyl groups excluding tert-OH is 1. The molecule has 0 aliphatic carbocycles. The molecule has 2 aromatic heterocycles. The maximum atomic E-state index is 12.4. The third kappa shape index (κ3) is 3.10. The summed E-state index contributed by atoms with van der Waals surface area (Å²) in [6.07, 6.45) is 3.22. The van der Waals surface area contributed by atoms with E-state index in [0.717, 1.165) is 16.5 Å². The highest BCUT2D eigenvalue weighted by Gasteiger charge is 2.32. The number of likely N-dealkylation sites (tertiary alicyclic amines) is 1. The number of rotatable bonds is 4. The Labute approximate surface area is 144 Å². The molecule has 1 aliphatic heterocycles. The van der Waals surface area contributed by atoms with Crippen LogP contribution in [-0.2, 0) is 11.2 Å². The van der Waals surface area contributed by atoms with Crippen LogP contribution < -0.4 is 0 Å². The lowest BCUT2D eigenvalue weighted by molar-refractivity contribution is -0.136. The molecule has 3 heterocycles. The highest BCUT2D eigenvalue weighted by Crippen LogP contribution is 2.23. The number of hydrogen-bond acceptors (Lipinski definition) is 5. The van der Waals surface area contributed by atoms with Gasteiger partial charge in [-0.1, -0.05) is 23.4 Å². The fourth-order valence-corrected chi connectivity index (χ4v) is 2.99. The van der Waals surface area contributed by atoms with Gasteiger partial charge in [-0.05, 0) is 24.6 Å². The Kier molecular flexibility index (Phi) is 3.93. The van der Waals surface area contributed by atoms with Crippen molar-refractivity contribution in [2.75, 3.05) is 13.1 Å². The van der Waals surface area contributed by atoms with E-state index in [-0.39, 0.29) is 11.9 Å². The summed E-state index contributed by atoms with van der Waals surface area (Å²) in [6, 6.07) is 10.0. The minimum absolute atomic E-state index is 0.0872. The number of fused-ring (bicyclic) bond motifs is 1. The van der Waals surface area contributed by atoms with E-state index in [1.807, 2.05) is 35.2 Å². The molecule has 128 valence electrons. The van der Waals surface area contributed by atoms with E-state index in [0.29, 0.717) is 25.2 Å². The Morgan fingerprint density at radius 2 is 2.16 bits per heavy atom. The van der Waals surface area contributed by atoms with Gasteiger partial charge in [0.15, 0.2) is 0 Å². The number of benzene rings is 1. The first-order valence-corrected chi connectivity index (χ1v) is 8.31. The van der Waals surface area contributed by atoms with Crippen LogP contribution in [0.5, 0.6) is 0 Å². The number of hydrogen-bond donors (Lipinski definition) is 1. The SMILES string of the molecule is CC(O)c1cn(C2CN(C(=O)Cc3cnc4ccccc4c3)C2)nn1. The van der Waals surface area contributed by atoms with Gasteiger partial charge in [0.25, 0.3) is 0 Å². The second kappa shape index (κ2) is 6.25. The van der Waals surface area contributed by atoms with E-state index in [1.165, 1.54) is 0 Å². The lowest BCUT2D eigenvalue weighted by Gasteiger charge is -2.39. The van der Waals surface area contributed by atoms with Crippen molar-refractivity contribution in [1.82, 2.24) is 24.9 Å². The first-order valence-electron chi connectivity index (χ1n) is 8.31. The molecular formula is C18H19N5O2. The summed E-state index contributed by atoms with van der Waals surface area (Å²) in [5.74, 6) is 0.0872. The normalized spacial score (nSPS) is 16.0. The fraction of sp³-hybridized carbons (Fsp3) is 0.333. The molecule has 0 spiro atoms. The average molecular weight is 337 g/mol. The Morgan fingerprint density at radius 1 is 1.36 bits per heavy atom. The largest absolute Gasteiger partial charge is 0.387 e. The van der Waals surface area contributed by atoms with Crippen LogP contribution in [-0.4, -0.2) is 49.0 Å². The van der Waals surface area contributed by atoms with Gasteiger partial charge < -0.3 is 10.0 Å². The van der Waals surface area contributed by atoms with Crippen LogP contribution in [0.4, 0.5) is 0 Å². The quantitative estimate of drug-likeness (QED) is 0.780. The van der Waals surface area contributed by atoms with Gasteiger partial charge in [-0.3, -0.25) is 9.78 Å². The van der Waals surface area contributed by atoms with Crippen LogP contribution in [0, 0.1) is 0 Å². The molecular weight excluding hydrogens is 318 g/mol. The molecule has 1 fully saturated rings. The summed E-state index contributed by atoms with van der Waals surface area (Å²) < 4.78 is 1.73. The number of aliphatic hydroxyl groups is 1. The average Bonchev–Trinajstić information content (AvgIpc) is 3.03. The molecule has 25 heavy (non-hydrogen) atoms. The van der Waals surface area contributed by atoms with Crippen molar-refractivity contribution in [3.8, 4) is 0 Å². The highest BCUT2D eigenvalue weighted by atomic mass is 16.3. The number of nitrogens with zero attached hydrogens (tertiary/aromatic N) is 5. The summed E-state index contributed by atoms with van der Waals surface area (Å²) in [4.78, 5) is 18.6. The van der Waals surface area contributed by atoms with Gasteiger partial charge >= 0.3 is 0 Å². The summed E-state index contributed by atoms with van der Waals surface area (Å²) in [7, 11) is 0. The second-order valence-corrected chi connectivity index (χ2v) is 6.46. The molecule has 3 aromatic rings. The van der Waals surface area contributed by atoms with Crippen molar-refractivity contribution in [2.24, 2.45) is 0 Å². The molecule has 1 atom stereocenters. The summed E-state index contributed by atoms with van der Waals surface area (Å²) in [6.45, 7) is 2.88. The maximum absolute atomic E-state index is 12.4. The van der Waals surface area contributed by atoms with Crippen molar-refractivity contribution in [2.45, 2.75) is 25.5 Å². The molecule has 1 saturated heterocycles. The topological polar surface area (TPSA) is 84.1 Å². The van der Waals surface area contributed by atoms with Gasteiger partial charge in [0.1, 0.15) is 5.69 Å². The van der Waals surface area contributed by atoms with Crippen LogP contribution in [0.25, 0.3) is 10.9 Å². The summed E-state index contributed by atoms with van der Waals surface area (Å²) >= 11 is 0. The maximum Gasteiger partial charge on any atom is 0.227 e. The van der Waals surface area contributed by atoms with E-state index >= 15 is 0 Å². The van der Waals surface area contributed by atoms with Crippen LogP contribution >= 0.6 is 0 Å². The first-order chi connectivity index (χ1) is 12.1. The number of carbonyl (C=O) groups excluding carboxylic acids is 1. The number of amides is 1. The lowest BCUT2D eigenvalue weighted by Crippen LogP contribution is -2.51. The molecule has 1 unspecified atom stereocenters. The molecule has 4 rings (SSSR count). The molecule has 0 saturated carbocycles. The van der Waals surface area contributed by atoms with E-state index in [1.54, 1.807) is 24.0 Å². The van der Waals surface area contributed by atoms with E-state index in [9.17, 15) is 9.90 Å². The fourth-order valence-electron chi connectivity index (χ4n) is 2.99. The molecule has 1 aliphatic rings. The number of para-hydroxylation sites is 1. The van der Waals surface area contributed by atoms with Crippen molar-refractivity contribution in [3.63, 3.8) is 0 Å². The predicted octanol–water partition coefficient (Wildman–Crippen LogP) is 1.51. The zero-order valence-electron chi connectivity index (χ0n) is 13.9. The van der Waals surface area contributed by atoms with Gasteiger partial charge in [0.2, 0.25) is 5.91 Å². The zero-order valence-corrected chi connectivity index (χ0v) is 13.9. The van der Waals surface area contributed by atoms with Crippen molar-refractivity contribution < 1.29 is 9.90 Å². The number of aromatic nitrogens is 4. The van der Waals surface area contributed by atoms with Crippen molar-refractivity contribution in [3.05, 3.63) is 54.0 Å². The van der Waals surface area contributed by atoms with Crippen LogP contribution in [0.2, 0.25) is 0 Å². The van der Waals surface area contributed by atoms with Gasteiger partial charge in [-0.25, -0.2) is 4.68 Å². The Bertz CT molecular complexity index is 914. The van der Waals surface area contributed by atoms with Gasteiger partial charge in [0.05, 0.1) is 30.3 Å². The smallest absolute Gasteiger partial charge is 0.227 e. The van der Waals surface area contributed by atoms with Gasteiger partial charge in [-0.2, -0.15) is 0 Å². The standard InChI is InChI=1S/C18H19N5O2/c1-12(24)17-11-23(21-20-17)15-9-22(10-15)18(25)7-13-6-14-4-2-3-5-16(14)19-8-13/h2-6,8,11-12,15,24H,7,9-10H2,1H3. The van der Waals surface area contributed by atoms with Crippen molar-refractivity contribution >= 4 is 16.8 Å². The second-order valence-electron chi connectivity index (χ2n) is 6.46. The zero-order chi connectivity index (χ0) is 17.4. The molecule has 1 amide bonds. The predicted molar refractivity (Wildman–Crippen MR) is 91.7 cm³/mol. The Morgan fingerprint density at radius 3 is 2.92 bits per heavy atom. The molecule has 7 nitrogen and oxygen atoms in total. The van der Waals surface area contributed by atoms with E-state index in [2.05, 4.69) is 15.3 Å². The van der Waals surface area contributed by atoms with E-state index in [4.69, 9.17) is 0 Å². The first kappa shape index (κ1) is 15.7. The molecule has 0 bridgehead atoms. The molecule has 0 radical (unpaired) electrons. The summed E-state index contributed by atoms with van der Waals surface area (Å²) in [5.41, 5.74) is 2.40. The van der Waals surface area contributed by atoms with Crippen LogP contribution in [0.15, 0.2) is 42.7 Å². The number of pyridine rings is 1. The van der Waals surface area contributed by atoms with Crippen LogP contribution in [0.1, 0.15) is 30.3 Å². The molecule has 1 aromatic carbocycles. The Balaban J connectivity index is 1.37. The van der Waals surface area contributed by atoms with E-state index < -0.39 is 6.10 Å². The van der Waals surface area contributed by atoms with Crippen molar-refractivity contribution in [1.29, 1.82) is 0 Å².